The van der Waals surface area contributed by atoms with Crippen LogP contribution in [0.1, 0.15) is 5.69 Å². The molecule has 2 heterocycles. The number of halogens is 1. The molecule has 1 aromatic carbocycles. The zero-order valence-electron chi connectivity index (χ0n) is 10.2. The van der Waals surface area contributed by atoms with Crippen molar-refractivity contribution in [1.29, 1.82) is 0 Å². The molecule has 5 heteroatoms. The highest BCUT2D eigenvalue weighted by Crippen LogP contribution is 2.29. The minimum Gasteiger partial charge on any atom is -0.436 e. The van der Waals surface area contributed by atoms with Gasteiger partial charge in [0, 0.05) is 17.3 Å². The van der Waals surface area contributed by atoms with Crippen molar-refractivity contribution in [1.82, 2.24) is 15.0 Å². The number of fused-ring (bicyclic) bond motifs is 1. The molecule has 0 amide bonds. The molecule has 94 valence electrons. The second-order valence-corrected chi connectivity index (χ2v) is 5.22. The van der Waals surface area contributed by atoms with Gasteiger partial charge in [0.15, 0.2) is 5.75 Å². The second-order valence-electron chi connectivity index (χ2n) is 4.06. The summed E-state index contributed by atoms with van der Waals surface area (Å²) in [7, 11) is 0. The molecule has 3 aromatic rings. The van der Waals surface area contributed by atoms with Gasteiger partial charge in [-0.05, 0) is 41.6 Å². The maximum absolute atomic E-state index is 5.86. The average Bonchev–Trinajstić information content (AvgIpc) is 2.42. The summed E-state index contributed by atoms with van der Waals surface area (Å²) in [6.07, 6.45) is 3.19. The first-order valence-electron chi connectivity index (χ1n) is 5.74. The molecule has 0 fully saturated rings. The van der Waals surface area contributed by atoms with Crippen LogP contribution in [-0.2, 0) is 0 Å². The minimum atomic E-state index is 0.548. The fraction of sp³-hybridized carbons (Fsp3) is 0.0714. The Morgan fingerprint density at radius 1 is 1.16 bits per heavy atom. The molecule has 4 nitrogen and oxygen atoms in total. The number of nitrogens with zero attached hydrogens (tertiary/aromatic N) is 3. The number of para-hydroxylation sites is 1. The molecule has 3 rings (SSSR count). The Morgan fingerprint density at radius 2 is 2.05 bits per heavy atom. The van der Waals surface area contributed by atoms with E-state index >= 15 is 0 Å². The summed E-state index contributed by atoms with van der Waals surface area (Å²) in [6.45, 7) is 1.96. The summed E-state index contributed by atoms with van der Waals surface area (Å²) in [5.74, 6) is 1.25. The fourth-order valence-electron chi connectivity index (χ4n) is 1.78. The summed E-state index contributed by atoms with van der Waals surface area (Å²) in [5.41, 5.74) is 1.80. The first-order valence-corrected chi connectivity index (χ1v) is 6.81. The van der Waals surface area contributed by atoms with Crippen molar-refractivity contribution >= 4 is 33.5 Å². The van der Waals surface area contributed by atoms with E-state index in [1.165, 1.54) is 6.33 Å². The van der Waals surface area contributed by atoms with Crippen molar-refractivity contribution in [2.75, 3.05) is 0 Å². The first-order chi connectivity index (χ1) is 9.24. The standard InChI is InChI=1S/C14H10IN3O/c1-9-5-6-10-3-2-4-12(13(10)18-9)19-14-11(15)7-16-8-17-14/h2-8H,1H3. The highest BCUT2D eigenvalue weighted by atomic mass is 127. The Labute approximate surface area is 124 Å². The van der Waals surface area contributed by atoms with Gasteiger partial charge in [-0.2, -0.15) is 0 Å². The van der Waals surface area contributed by atoms with E-state index in [1.807, 2.05) is 37.3 Å². The Balaban J connectivity index is 2.10. The topological polar surface area (TPSA) is 47.9 Å². The summed E-state index contributed by atoms with van der Waals surface area (Å²) in [4.78, 5) is 12.6. The van der Waals surface area contributed by atoms with E-state index < -0.39 is 0 Å². The van der Waals surface area contributed by atoms with Crippen LogP contribution in [0.4, 0.5) is 0 Å². The van der Waals surface area contributed by atoms with E-state index in [0.717, 1.165) is 20.2 Å². The maximum Gasteiger partial charge on any atom is 0.235 e. The highest BCUT2D eigenvalue weighted by molar-refractivity contribution is 14.1. The van der Waals surface area contributed by atoms with E-state index in [4.69, 9.17) is 4.74 Å². The predicted molar refractivity (Wildman–Crippen MR) is 81.3 cm³/mol. The smallest absolute Gasteiger partial charge is 0.235 e. The Bertz CT molecular complexity index is 746. The van der Waals surface area contributed by atoms with Crippen LogP contribution in [0, 0.1) is 10.5 Å². The molecule has 0 saturated heterocycles. The molecule has 2 aromatic heterocycles. The molecule has 0 aliphatic rings. The van der Waals surface area contributed by atoms with Gasteiger partial charge in [-0.25, -0.2) is 15.0 Å². The van der Waals surface area contributed by atoms with E-state index in [2.05, 4.69) is 37.5 Å². The zero-order valence-corrected chi connectivity index (χ0v) is 12.3. The van der Waals surface area contributed by atoms with Gasteiger partial charge in [0.25, 0.3) is 0 Å². The van der Waals surface area contributed by atoms with Crippen LogP contribution in [0.25, 0.3) is 10.9 Å². The maximum atomic E-state index is 5.86. The fourth-order valence-corrected chi connectivity index (χ4v) is 2.19. The second kappa shape index (κ2) is 5.08. The van der Waals surface area contributed by atoms with E-state index in [9.17, 15) is 0 Å². The number of rotatable bonds is 2. The quantitative estimate of drug-likeness (QED) is 0.651. The van der Waals surface area contributed by atoms with Crippen LogP contribution in [0.5, 0.6) is 11.6 Å². The van der Waals surface area contributed by atoms with Gasteiger partial charge in [0.2, 0.25) is 5.88 Å². The van der Waals surface area contributed by atoms with Crippen molar-refractivity contribution in [3.63, 3.8) is 0 Å². The van der Waals surface area contributed by atoms with Crippen LogP contribution in [-0.4, -0.2) is 15.0 Å². The van der Waals surface area contributed by atoms with Crippen LogP contribution in [0.15, 0.2) is 42.9 Å². The SMILES string of the molecule is Cc1ccc2cccc(Oc3ncncc3I)c2n1. The lowest BCUT2D eigenvalue weighted by Crippen LogP contribution is -1.94. The molecule has 0 aliphatic heterocycles. The Hall–Kier alpha value is -1.76. The molecular formula is C14H10IN3O. The number of hydrogen-bond donors (Lipinski definition) is 0. The summed E-state index contributed by atoms with van der Waals surface area (Å²) >= 11 is 2.15. The lowest BCUT2D eigenvalue weighted by atomic mass is 10.2. The monoisotopic (exact) mass is 363 g/mol. The summed E-state index contributed by atoms with van der Waals surface area (Å²) in [6, 6.07) is 9.88. The number of hydrogen-bond acceptors (Lipinski definition) is 4. The van der Waals surface area contributed by atoms with Crippen LogP contribution >= 0.6 is 22.6 Å². The molecule has 19 heavy (non-hydrogen) atoms. The van der Waals surface area contributed by atoms with Gasteiger partial charge in [0.1, 0.15) is 11.8 Å². The molecule has 0 N–H and O–H groups in total. The highest BCUT2D eigenvalue weighted by Gasteiger charge is 2.08. The molecule has 0 radical (unpaired) electrons. The summed E-state index contributed by atoms with van der Waals surface area (Å²) < 4.78 is 6.72. The largest absolute Gasteiger partial charge is 0.436 e. The molecular weight excluding hydrogens is 353 g/mol. The van der Waals surface area contributed by atoms with Crippen molar-refractivity contribution in [3.05, 3.63) is 52.1 Å². The van der Waals surface area contributed by atoms with Gasteiger partial charge >= 0.3 is 0 Å². The van der Waals surface area contributed by atoms with Crippen molar-refractivity contribution in [3.8, 4) is 11.6 Å². The average molecular weight is 363 g/mol. The molecule has 0 spiro atoms. The van der Waals surface area contributed by atoms with E-state index in [0.29, 0.717) is 11.6 Å². The van der Waals surface area contributed by atoms with Gasteiger partial charge in [-0.1, -0.05) is 18.2 Å². The lowest BCUT2D eigenvalue weighted by molar-refractivity contribution is 0.461. The Kier molecular flexibility index (Phi) is 3.29. The number of ether oxygens (including phenoxy) is 1. The number of aryl methyl sites for hydroxylation is 1. The first kappa shape index (κ1) is 12.3. The normalized spacial score (nSPS) is 10.6. The number of aromatic nitrogens is 3. The summed E-state index contributed by atoms with van der Waals surface area (Å²) in [5, 5.41) is 1.05. The predicted octanol–water partition coefficient (Wildman–Crippen LogP) is 3.73. The molecule has 0 unspecified atom stereocenters. The van der Waals surface area contributed by atoms with Gasteiger partial charge in [-0.15, -0.1) is 0 Å². The Morgan fingerprint density at radius 3 is 2.89 bits per heavy atom. The third-order valence-electron chi connectivity index (χ3n) is 2.66. The van der Waals surface area contributed by atoms with Gasteiger partial charge in [-0.3, -0.25) is 0 Å². The van der Waals surface area contributed by atoms with Crippen LogP contribution in [0.2, 0.25) is 0 Å². The molecule has 0 atom stereocenters. The molecule has 0 saturated carbocycles. The van der Waals surface area contributed by atoms with E-state index in [-0.39, 0.29) is 0 Å². The van der Waals surface area contributed by atoms with Gasteiger partial charge in [0.05, 0.1) is 3.57 Å². The van der Waals surface area contributed by atoms with Crippen LogP contribution in [0.3, 0.4) is 0 Å². The number of benzene rings is 1. The third kappa shape index (κ3) is 2.51. The van der Waals surface area contributed by atoms with Crippen molar-refractivity contribution in [2.45, 2.75) is 6.92 Å². The van der Waals surface area contributed by atoms with E-state index in [1.54, 1.807) is 6.20 Å². The molecule has 0 bridgehead atoms. The number of pyridine rings is 1. The third-order valence-corrected chi connectivity index (χ3v) is 3.40. The van der Waals surface area contributed by atoms with Crippen molar-refractivity contribution < 1.29 is 4.74 Å². The lowest BCUT2D eigenvalue weighted by Gasteiger charge is -2.08. The van der Waals surface area contributed by atoms with Gasteiger partial charge < -0.3 is 4.74 Å². The minimum absolute atomic E-state index is 0.548. The zero-order chi connectivity index (χ0) is 13.2. The van der Waals surface area contributed by atoms with Crippen molar-refractivity contribution in [2.24, 2.45) is 0 Å². The van der Waals surface area contributed by atoms with Crippen LogP contribution < -0.4 is 4.74 Å². The molecule has 0 aliphatic carbocycles.